The second kappa shape index (κ2) is 11.9. The van der Waals surface area contributed by atoms with Crippen molar-refractivity contribution in [3.63, 3.8) is 0 Å². The number of nitrogens with zero attached hydrogens (tertiary/aromatic N) is 6. The summed E-state index contributed by atoms with van der Waals surface area (Å²) in [7, 11) is 0. The number of carbonyl (C=O) groups is 1. The monoisotopic (exact) mass is 469 g/mol. The van der Waals surface area contributed by atoms with E-state index in [2.05, 4.69) is 32.1 Å². The molecule has 0 saturated carbocycles. The Morgan fingerprint density at radius 3 is 2.48 bits per heavy atom. The van der Waals surface area contributed by atoms with Crippen LogP contribution in [0.5, 0.6) is 0 Å². The Balaban J connectivity index is 1.64. The van der Waals surface area contributed by atoms with Gasteiger partial charge < -0.3 is 4.90 Å². The predicted octanol–water partition coefficient (Wildman–Crippen LogP) is 3.34. The Kier molecular flexibility index (Phi) is 9.01. The fourth-order valence-electron chi connectivity index (χ4n) is 3.85. The van der Waals surface area contributed by atoms with Crippen LogP contribution in [-0.4, -0.2) is 64.9 Å². The third kappa shape index (κ3) is 7.13. The molecule has 1 amide bonds. The molecule has 2 heterocycles. The van der Waals surface area contributed by atoms with Gasteiger partial charge in [-0.05, 0) is 36.6 Å². The van der Waals surface area contributed by atoms with E-state index in [-0.39, 0.29) is 22.7 Å². The van der Waals surface area contributed by atoms with Crippen LogP contribution in [0, 0.1) is 17.2 Å². The Hall–Kier alpha value is -2.73. The van der Waals surface area contributed by atoms with Gasteiger partial charge in [0.2, 0.25) is 5.82 Å². The fraction of sp³-hybridized carbons (Fsp3) is 0.500. The molecule has 9 heteroatoms. The molecule has 0 bridgehead atoms. The molecule has 1 aromatic heterocycles. The summed E-state index contributed by atoms with van der Waals surface area (Å²) in [5.41, 5.74) is 4.62. The zero-order valence-corrected chi connectivity index (χ0v) is 20.3. The van der Waals surface area contributed by atoms with Crippen molar-refractivity contribution < 1.29 is 4.79 Å². The van der Waals surface area contributed by atoms with Crippen LogP contribution in [0.2, 0.25) is 5.02 Å². The number of nitrogens with one attached hydrogen (secondary N) is 1. The molecular weight excluding hydrogens is 438 g/mol. The molecule has 1 saturated heterocycles. The van der Waals surface area contributed by atoms with Crippen LogP contribution in [0.1, 0.15) is 48.9 Å². The lowest BCUT2D eigenvalue weighted by molar-refractivity contribution is 0.0947. The topological polar surface area (TPSA) is 88.4 Å². The average Bonchev–Trinajstić information content (AvgIpc) is 2.80. The molecule has 2 aromatic rings. The van der Waals surface area contributed by atoms with E-state index in [0.717, 1.165) is 32.7 Å². The van der Waals surface area contributed by atoms with Crippen molar-refractivity contribution in [1.82, 2.24) is 25.2 Å². The highest BCUT2D eigenvalue weighted by atomic mass is 35.5. The molecule has 1 aliphatic rings. The summed E-state index contributed by atoms with van der Waals surface area (Å²) in [5, 5.41) is 11.0. The van der Waals surface area contributed by atoms with E-state index in [1.807, 2.05) is 44.2 Å². The number of hydrogen-bond donors (Lipinski definition) is 1. The summed E-state index contributed by atoms with van der Waals surface area (Å²) >= 11 is 6.27. The first kappa shape index (κ1) is 24.9. The third-order valence-corrected chi connectivity index (χ3v) is 5.76. The van der Waals surface area contributed by atoms with Gasteiger partial charge in [0, 0.05) is 44.8 Å². The van der Waals surface area contributed by atoms with Crippen LogP contribution in [0.15, 0.2) is 30.5 Å². The highest BCUT2D eigenvalue weighted by Crippen LogP contribution is 2.22. The van der Waals surface area contributed by atoms with Crippen LogP contribution in [0.4, 0.5) is 5.82 Å². The zero-order valence-electron chi connectivity index (χ0n) is 19.6. The molecule has 8 nitrogen and oxygen atoms in total. The van der Waals surface area contributed by atoms with E-state index in [1.165, 1.54) is 24.7 Å². The highest BCUT2D eigenvalue weighted by Gasteiger charge is 2.19. The van der Waals surface area contributed by atoms with Gasteiger partial charge in [0.25, 0.3) is 5.91 Å². The van der Waals surface area contributed by atoms with E-state index in [9.17, 15) is 4.79 Å². The van der Waals surface area contributed by atoms with Crippen molar-refractivity contribution in [1.29, 1.82) is 5.26 Å². The number of piperazine rings is 1. The number of benzene rings is 1. The number of aromatic nitrogens is 2. The van der Waals surface area contributed by atoms with Crippen molar-refractivity contribution >= 4 is 23.3 Å². The van der Waals surface area contributed by atoms with E-state index in [0.29, 0.717) is 17.9 Å². The van der Waals surface area contributed by atoms with Crippen molar-refractivity contribution in [3.8, 4) is 6.07 Å². The summed E-state index contributed by atoms with van der Waals surface area (Å²) in [6, 6.07) is 9.60. The van der Waals surface area contributed by atoms with Crippen LogP contribution in [-0.2, 0) is 6.54 Å². The van der Waals surface area contributed by atoms with Crippen molar-refractivity contribution in [2.24, 2.45) is 5.92 Å². The predicted molar refractivity (Wildman–Crippen MR) is 130 cm³/mol. The van der Waals surface area contributed by atoms with E-state index in [4.69, 9.17) is 16.9 Å². The Morgan fingerprint density at radius 1 is 1.21 bits per heavy atom. The maximum absolute atomic E-state index is 13.0. The number of hydrogen-bond acceptors (Lipinski definition) is 7. The first-order chi connectivity index (χ1) is 15.9. The number of nitriles is 1. The fourth-order valence-corrected chi connectivity index (χ4v) is 4.04. The lowest BCUT2D eigenvalue weighted by Gasteiger charge is -2.34. The van der Waals surface area contributed by atoms with Crippen molar-refractivity contribution in [3.05, 3.63) is 52.4 Å². The van der Waals surface area contributed by atoms with Gasteiger partial charge in [-0.25, -0.2) is 4.98 Å². The molecule has 33 heavy (non-hydrogen) atoms. The van der Waals surface area contributed by atoms with Gasteiger partial charge in [-0.1, -0.05) is 44.5 Å². The van der Waals surface area contributed by atoms with E-state index in [1.54, 1.807) is 5.01 Å². The summed E-state index contributed by atoms with van der Waals surface area (Å²) in [4.78, 5) is 26.0. The third-order valence-electron chi connectivity index (χ3n) is 5.49. The smallest absolute Gasteiger partial charge is 0.269 e. The second-order valence-electron chi connectivity index (χ2n) is 8.74. The molecule has 1 N–H and O–H groups in total. The average molecular weight is 470 g/mol. The normalized spacial score (nSPS) is 14.8. The maximum atomic E-state index is 13.0. The van der Waals surface area contributed by atoms with Crippen molar-refractivity contribution in [2.75, 3.05) is 44.3 Å². The van der Waals surface area contributed by atoms with Crippen LogP contribution < -0.4 is 10.4 Å². The first-order valence-corrected chi connectivity index (χ1v) is 11.8. The molecule has 0 aliphatic carbocycles. The van der Waals surface area contributed by atoms with Gasteiger partial charge in [-0.15, -0.1) is 0 Å². The standard InChI is InChI=1S/C24H32ClN7O/c1-4-9-30-10-12-31(13-11-30)17-19-5-7-20(8-6-19)24(33)29-32(16-18(2)3)23-21(25)15-27-22(14-26)28-23/h5-8,15,18H,4,9-13,16-17H2,1-3H3,(H,29,33). The van der Waals surface area contributed by atoms with Gasteiger partial charge in [0.05, 0.1) is 6.20 Å². The molecule has 1 aromatic carbocycles. The number of hydrazine groups is 1. The van der Waals surface area contributed by atoms with Gasteiger partial charge >= 0.3 is 0 Å². The van der Waals surface area contributed by atoms with Gasteiger partial charge in [0.1, 0.15) is 11.1 Å². The van der Waals surface area contributed by atoms with Crippen LogP contribution >= 0.6 is 11.6 Å². The van der Waals surface area contributed by atoms with Crippen molar-refractivity contribution in [2.45, 2.75) is 33.7 Å². The van der Waals surface area contributed by atoms with Gasteiger partial charge in [0.15, 0.2) is 5.82 Å². The molecule has 1 fully saturated rings. The lowest BCUT2D eigenvalue weighted by Crippen LogP contribution is -2.46. The second-order valence-corrected chi connectivity index (χ2v) is 9.14. The maximum Gasteiger partial charge on any atom is 0.269 e. The molecule has 0 spiro atoms. The molecule has 0 unspecified atom stereocenters. The molecule has 0 atom stereocenters. The van der Waals surface area contributed by atoms with E-state index < -0.39 is 0 Å². The highest BCUT2D eigenvalue weighted by molar-refractivity contribution is 6.32. The lowest BCUT2D eigenvalue weighted by atomic mass is 10.1. The zero-order chi connectivity index (χ0) is 23.8. The number of halogens is 1. The SMILES string of the molecule is CCCN1CCN(Cc2ccc(C(=O)NN(CC(C)C)c3nc(C#N)ncc3Cl)cc2)CC1. The van der Waals surface area contributed by atoms with E-state index >= 15 is 0 Å². The molecular formula is C24H32ClN7O. The summed E-state index contributed by atoms with van der Waals surface area (Å²) < 4.78 is 0. The molecule has 1 aliphatic heterocycles. The minimum absolute atomic E-state index is 0.00251. The number of anilines is 1. The molecule has 0 radical (unpaired) electrons. The Bertz CT molecular complexity index is 966. The minimum atomic E-state index is -0.261. The Morgan fingerprint density at radius 2 is 1.88 bits per heavy atom. The largest absolute Gasteiger partial charge is 0.301 e. The summed E-state index contributed by atoms with van der Waals surface area (Å²) in [6.07, 6.45) is 2.57. The summed E-state index contributed by atoms with van der Waals surface area (Å²) in [5.74, 6) is 0.270. The number of rotatable bonds is 9. The molecule has 176 valence electrons. The number of amides is 1. The Labute approximate surface area is 201 Å². The molecule has 3 rings (SSSR count). The van der Waals surface area contributed by atoms with Crippen LogP contribution in [0.25, 0.3) is 0 Å². The quantitative estimate of drug-likeness (QED) is 0.563. The minimum Gasteiger partial charge on any atom is -0.301 e. The number of carbonyl (C=O) groups excluding carboxylic acids is 1. The summed E-state index contributed by atoms with van der Waals surface area (Å²) in [6.45, 7) is 13.2. The van der Waals surface area contributed by atoms with Gasteiger partial charge in [-0.3, -0.25) is 20.1 Å². The van der Waals surface area contributed by atoms with Crippen LogP contribution in [0.3, 0.4) is 0 Å². The van der Waals surface area contributed by atoms with Gasteiger partial charge in [-0.2, -0.15) is 10.2 Å². The first-order valence-electron chi connectivity index (χ1n) is 11.4.